The van der Waals surface area contributed by atoms with Gasteiger partial charge in [-0.15, -0.1) is 0 Å². The summed E-state index contributed by atoms with van der Waals surface area (Å²) in [5.41, 5.74) is 1.74. The molecule has 0 aliphatic carbocycles. The molecule has 0 aliphatic rings. The first-order valence-electron chi connectivity index (χ1n) is 9.01. The predicted molar refractivity (Wildman–Crippen MR) is 110 cm³/mol. The predicted octanol–water partition coefficient (Wildman–Crippen LogP) is 3.48. The van der Waals surface area contributed by atoms with Crippen molar-refractivity contribution in [2.45, 2.75) is 31.2 Å². The Morgan fingerprint density at radius 3 is 2.36 bits per heavy atom. The lowest BCUT2D eigenvalue weighted by atomic mass is 10.2. The van der Waals surface area contributed by atoms with Gasteiger partial charge in [0.05, 0.1) is 9.82 Å². The molecular weight excluding hydrogens is 380 g/mol. The first kappa shape index (κ1) is 21.8. The molecule has 9 heteroatoms. The molecule has 0 fully saturated rings. The van der Waals surface area contributed by atoms with Gasteiger partial charge in [0.2, 0.25) is 10.0 Å². The van der Waals surface area contributed by atoms with Crippen molar-refractivity contribution in [3.05, 3.63) is 58.1 Å². The Hall–Kier alpha value is -2.49. The van der Waals surface area contributed by atoms with Crippen LogP contribution in [-0.2, 0) is 16.6 Å². The summed E-state index contributed by atoms with van der Waals surface area (Å²) in [6.07, 6.45) is 1.55. The summed E-state index contributed by atoms with van der Waals surface area (Å²) < 4.78 is 27.1. The summed E-state index contributed by atoms with van der Waals surface area (Å²) in [7, 11) is 0.167. The minimum atomic E-state index is -3.78. The largest absolute Gasteiger partial charge is 0.350 e. The third kappa shape index (κ3) is 6.01. The first-order chi connectivity index (χ1) is 13.2. The SMILES string of the molecule is CCCCNS(=O)(=O)c1ccc(Nc2ccc(CN(C)C)cc2)c([N+](=O)[O-])c1. The van der Waals surface area contributed by atoms with Crippen LogP contribution in [0.2, 0.25) is 0 Å². The van der Waals surface area contributed by atoms with Gasteiger partial charge in [-0.05, 0) is 50.3 Å². The van der Waals surface area contributed by atoms with Crippen LogP contribution in [0.25, 0.3) is 0 Å². The van der Waals surface area contributed by atoms with Crippen molar-refractivity contribution in [3.8, 4) is 0 Å². The molecule has 0 saturated heterocycles. The molecule has 2 aromatic carbocycles. The molecule has 0 spiro atoms. The molecule has 152 valence electrons. The standard InChI is InChI=1S/C19H26N4O4S/c1-4-5-12-20-28(26,27)17-10-11-18(19(13-17)23(24)25)21-16-8-6-15(7-9-16)14-22(2)3/h6-11,13,20-21H,4-5,12,14H2,1-3H3. The van der Waals surface area contributed by atoms with E-state index >= 15 is 0 Å². The highest BCUT2D eigenvalue weighted by molar-refractivity contribution is 7.89. The lowest BCUT2D eigenvalue weighted by molar-refractivity contribution is -0.384. The van der Waals surface area contributed by atoms with E-state index in [0.29, 0.717) is 18.7 Å². The third-order valence-electron chi connectivity index (χ3n) is 4.03. The van der Waals surface area contributed by atoms with E-state index in [0.717, 1.165) is 24.6 Å². The number of unbranched alkanes of at least 4 members (excludes halogenated alkanes) is 1. The normalized spacial score (nSPS) is 11.6. The summed E-state index contributed by atoms with van der Waals surface area (Å²) in [4.78, 5) is 12.8. The van der Waals surface area contributed by atoms with Crippen molar-refractivity contribution in [1.82, 2.24) is 9.62 Å². The summed E-state index contributed by atoms with van der Waals surface area (Å²) in [6.45, 7) is 3.04. The van der Waals surface area contributed by atoms with Gasteiger partial charge in [-0.25, -0.2) is 13.1 Å². The quantitative estimate of drug-likeness (QED) is 0.356. The Kier molecular flexibility index (Phi) is 7.50. The van der Waals surface area contributed by atoms with E-state index in [2.05, 4.69) is 10.0 Å². The summed E-state index contributed by atoms with van der Waals surface area (Å²) >= 11 is 0. The molecule has 8 nitrogen and oxygen atoms in total. The smallest absolute Gasteiger partial charge is 0.294 e. The number of nitro groups is 1. The highest BCUT2D eigenvalue weighted by atomic mass is 32.2. The van der Waals surface area contributed by atoms with E-state index in [1.165, 1.54) is 12.1 Å². The van der Waals surface area contributed by atoms with Crippen LogP contribution in [0.15, 0.2) is 47.4 Å². The molecule has 2 aromatic rings. The van der Waals surface area contributed by atoms with Crippen molar-refractivity contribution >= 4 is 27.1 Å². The van der Waals surface area contributed by atoms with E-state index in [4.69, 9.17) is 0 Å². The number of benzene rings is 2. The number of anilines is 2. The molecule has 2 N–H and O–H groups in total. The second-order valence-corrected chi connectivity index (χ2v) is 8.51. The molecule has 0 bridgehead atoms. The fourth-order valence-electron chi connectivity index (χ4n) is 2.62. The van der Waals surface area contributed by atoms with Crippen molar-refractivity contribution < 1.29 is 13.3 Å². The highest BCUT2D eigenvalue weighted by Gasteiger charge is 2.21. The Bertz CT molecular complexity index is 912. The van der Waals surface area contributed by atoms with Crippen molar-refractivity contribution in [1.29, 1.82) is 0 Å². The Morgan fingerprint density at radius 2 is 1.79 bits per heavy atom. The lowest BCUT2D eigenvalue weighted by Gasteiger charge is -2.12. The summed E-state index contributed by atoms with van der Waals surface area (Å²) in [5.74, 6) is 0. The topological polar surface area (TPSA) is 105 Å². The number of rotatable bonds is 10. The van der Waals surface area contributed by atoms with Gasteiger partial charge in [0, 0.05) is 24.8 Å². The Morgan fingerprint density at radius 1 is 1.11 bits per heavy atom. The van der Waals surface area contributed by atoms with E-state index < -0.39 is 14.9 Å². The van der Waals surface area contributed by atoms with Crippen LogP contribution in [0.4, 0.5) is 17.1 Å². The number of nitro benzene ring substituents is 1. The average Bonchev–Trinajstić information content (AvgIpc) is 2.63. The first-order valence-corrected chi connectivity index (χ1v) is 10.5. The fourth-order valence-corrected chi connectivity index (χ4v) is 3.71. The van der Waals surface area contributed by atoms with Crippen LogP contribution in [0.1, 0.15) is 25.3 Å². The summed E-state index contributed by atoms with van der Waals surface area (Å²) in [6, 6.07) is 11.4. The van der Waals surface area contributed by atoms with Crippen LogP contribution in [-0.4, -0.2) is 38.9 Å². The van der Waals surface area contributed by atoms with Gasteiger partial charge in [-0.1, -0.05) is 25.5 Å². The minimum Gasteiger partial charge on any atom is -0.350 e. The zero-order valence-electron chi connectivity index (χ0n) is 16.3. The fraction of sp³-hybridized carbons (Fsp3) is 0.368. The van der Waals surface area contributed by atoms with Crippen LogP contribution in [0.5, 0.6) is 0 Å². The van der Waals surface area contributed by atoms with Crippen LogP contribution in [0.3, 0.4) is 0 Å². The van der Waals surface area contributed by atoms with Gasteiger partial charge in [0.1, 0.15) is 5.69 Å². The van der Waals surface area contributed by atoms with Crippen LogP contribution in [0, 0.1) is 10.1 Å². The molecular formula is C19H26N4O4S. The van der Waals surface area contributed by atoms with E-state index in [1.54, 1.807) is 0 Å². The minimum absolute atomic E-state index is 0.123. The molecule has 2 rings (SSSR count). The van der Waals surface area contributed by atoms with E-state index in [9.17, 15) is 18.5 Å². The van der Waals surface area contributed by atoms with Gasteiger partial charge < -0.3 is 10.2 Å². The van der Waals surface area contributed by atoms with Gasteiger partial charge in [0.25, 0.3) is 5.69 Å². The molecule has 0 radical (unpaired) electrons. The molecule has 0 aromatic heterocycles. The zero-order chi connectivity index (χ0) is 20.7. The molecule has 0 amide bonds. The van der Waals surface area contributed by atoms with Gasteiger partial charge in [0.15, 0.2) is 0 Å². The lowest BCUT2D eigenvalue weighted by Crippen LogP contribution is -2.24. The van der Waals surface area contributed by atoms with Crippen LogP contribution >= 0.6 is 0 Å². The molecule has 28 heavy (non-hydrogen) atoms. The maximum atomic E-state index is 12.3. The monoisotopic (exact) mass is 406 g/mol. The highest BCUT2D eigenvalue weighted by Crippen LogP contribution is 2.30. The Balaban J connectivity index is 2.24. The third-order valence-corrected chi connectivity index (χ3v) is 5.49. The average molecular weight is 407 g/mol. The molecule has 0 atom stereocenters. The van der Waals surface area contributed by atoms with Gasteiger partial charge >= 0.3 is 0 Å². The van der Waals surface area contributed by atoms with E-state index in [-0.39, 0.29) is 16.3 Å². The number of hydrogen-bond donors (Lipinski definition) is 2. The molecule has 0 saturated carbocycles. The number of nitrogens with zero attached hydrogens (tertiary/aromatic N) is 2. The van der Waals surface area contributed by atoms with Crippen LogP contribution < -0.4 is 10.0 Å². The maximum Gasteiger partial charge on any atom is 0.294 e. The molecule has 0 unspecified atom stereocenters. The van der Waals surface area contributed by atoms with Gasteiger partial charge in [-0.3, -0.25) is 10.1 Å². The second-order valence-electron chi connectivity index (χ2n) is 6.75. The van der Waals surface area contributed by atoms with Crippen molar-refractivity contribution in [3.63, 3.8) is 0 Å². The number of hydrogen-bond acceptors (Lipinski definition) is 6. The number of sulfonamides is 1. The maximum absolute atomic E-state index is 12.3. The van der Waals surface area contributed by atoms with Crippen molar-refractivity contribution in [2.75, 3.05) is 26.0 Å². The van der Waals surface area contributed by atoms with Gasteiger partial charge in [-0.2, -0.15) is 0 Å². The van der Waals surface area contributed by atoms with E-state index in [1.807, 2.05) is 50.2 Å². The zero-order valence-corrected chi connectivity index (χ0v) is 17.1. The number of nitrogens with one attached hydrogen (secondary N) is 2. The Labute approximate surface area is 165 Å². The molecule has 0 heterocycles. The summed E-state index contributed by atoms with van der Waals surface area (Å²) in [5, 5.41) is 14.5. The molecule has 0 aliphatic heterocycles. The second kappa shape index (κ2) is 9.63. The van der Waals surface area contributed by atoms with Crippen molar-refractivity contribution in [2.24, 2.45) is 0 Å².